The van der Waals surface area contributed by atoms with Gasteiger partial charge in [0.15, 0.2) is 13.1 Å². The second-order valence-electron chi connectivity index (χ2n) is 5.94. The lowest BCUT2D eigenvalue weighted by Crippen LogP contribution is -2.39. The Morgan fingerprint density at radius 3 is 2.43 bits per heavy atom. The zero-order valence-corrected chi connectivity index (χ0v) is 13.3. The highest BCUT2D eigenvalue weighted by Gasteiger charge is 2.16. The quantitative estimate of drug-likeness (QED) is 0.645. The Hall–Kier alpha value is -2.39. The molecule has 1 saturated heterocycles. The molecule has 0 aromatic heterocycles. The van der Waals surface area contributed by atoms with Gasteiger partial charge in [0.2, 0.25) is 5.36 Å². The molecule has 0 amide bonds. The number of benzene rings is 2. The van der Waals surface area contributed by atoms with Gasteiger partial charge < -0.3 is 9.15 Å². The van der Waals surface area contributed by atoms with Crippen molar-refractivity contribution >= 4 is 0 Å². The first-order chi connectivity index (χ1) is 11.3. The molecule has 0 saturated carbocycles. The van der Waals surface area contributed by atoms with E-state index in [4.69, 9.17) is 9.15 Å². The second kappa shape index (κ2) is 6.01. The third-order valence-corrected chi connectivity index (χ3v) is 4.39. The van der Waals surface area contributed by atoms with Crippen LogP contribution in [-0.4, -0.2) is 26.3 Å². The van der Waals surface area contributed by atoms with Gasteiger partial charge in [-0.2, -0.15) is 0 Å². The Kier molecular flexibility index (Phi) is 3.72. The summed E-state index contributed by atoms with van der Waals surface area (Å²) >= 11 is 0. The number of fused-ring (bicyclic) bond motifs is 1. The van der Waals surface area contributed by atoms with E-state index in [9.17, 15) is 0 Å². The third kappa shape index (κ3) is 2.80. The minimum absolute atomic E-state index is 0.790. The van der Waals surface area contributed by atoms with Gasteiger partial charge in [-0.05, 0) is 24.6 Å². The SMILES string of the molecule is Cc1cc(-c2ccccc2)oc2cc(=[N+]3CCOCC3)ccc1-2. The molecule has 1 fully saturated rings. The predicted molar refractivity (Wildman–Crippen MR) is 91.3 cm³/mol. The number of hydrogen-bond donors (Lipinski definition) is 0. The van der Waals surface area contributed by atoms with Crippen LogP contribution in [0, 0.1) is 6.92 Å². The summed E-state index contributed by atoms with van der Waals surface area (Å²) in [6.07, 6.45) is 0. The van der Waals surface area contributed by atoms with Crippen molar-refractivity contribution in [1.29, 1.82) is 0 Å². The lowest BCUT2D eigenvalue weighted by molar-refractivity contribution is 0.0965. The summed E-state index contributed by atoms with van der Waals surface area (Å²) in [5, 5.41) is 1.20. The van der Waals surface area contributed by atoms with Gasteiger partial charge in [0.1, 0.15) is 24.7 Å². The van der Waals surface area contributed by atoms with E-state index in [2.05, 4.69) is 47.9 Å². The Balaban J connectivity index is 1.89. The normalized spacial score (nSPS) is 15.1. The summed E-state index contributed by atoms with van der Waals surface area (Å²) < 4.78 is 14.0. The molecular formula is C20H20NO2+. The van der Waals surface area contributed by atoms with Crippen LogP contribution < -0.4 is 9.93 Å². The molecule has 2 aliphatic heterocycles. The van der Waals surface area contributed by atoms with Crippen molar-refractivity contribution in [3.63, 3.8) is 0 Å². The average molecular weight is 306 g/mol. The molecule has 4 rings (SSSR count). The van der Waals surface area contributed by atoms with Gasteiger partial charge in [0, 0.05) is 17.2 Å². The third-order valence-electron chi connectivity index (χ3n) is 4.39. The molecule has 1 aliphatic carbocycles. The summed E-state index contributed by atoms with van der Waals surface area (Å²) in [7, 11) is 0. The molecule has 3 heteroatoms. The lowest BCUT2D eigenvalue weighted by atomic mass is 10.0. The first-order valence-corrected chi connectivity index (χ1v) is 8.07. The molecule has 0 bridgehead atoms. The van der Waals surface area contributed by atoms with Crippen LogP contribution in [0.3, 0.4) is 0 Å². The Morgan fingerprint density at radius 2 is 1.65 bits per heavy atom. The number of morpholine rings is 1. The van der Waals surface area contributed by atoms with Crippen LogP contribution in [0.1, 0.15) is 5.56 Å². The maximum absolute atomic E-state index is 6.20. The monoisotopic (exact) mass is 306 g/mol. The molecule has 23 heavy (non-hydrogen) atoms. The van der Waals surface area contributed by atoms with Crippen molar-refractivity contribution in [2.45, 2.75) is 6.92 Å². The van der Waals surface area contributed by atoms with Crippen molar-refractivity contribution in [2.75, 3.05) is 26.3 Å². The lowest BCUT2D eigenvalue weighted by Gasteiger charge is -2.13. The molecule has 0 atom stereocenters. The average Bonchev–Trinajstić information content (AvgIpc) is 2.63. The van der Waals surface area contributed by atoms with Crippen molar-refractivity contribution in [2.24, 2.45) is 0 Å². The Bertz CT molecular complexity index is 856. The molecule has 0 unspecified atom stereocenters. The first-order valence-electron chi connectivity index (χ1n) is 8.07. The number of nitrogens with zero attached hydrogens (tertiary/aromatic N) is 1. The van der Waals surface area contributed by atoms with Crippen LogP contribution in [0.4, 0.5) is 0 Å². The van der Waals surface area contributed by atoms with E-state index < -0.39 is 0 Å². The summed E-state index contributed by atoms with van der Waals surface area (Å²) in [5.41, 5.74) is 3.51. The van der Waals surface area contributed by atoms with Crippen LogP contribution >= 0.6 is 0 Å². The second-order valence-corrected chi connectivity index (χ2v) is 5.94. The van der Waals surface area contributed by atoms with E-state index in [1.165, 1.54) is 16.5 Å². The van der Waals surface area contributed by atoms with E-state index >= 15 is 0 Å². The standard InChI is InChI=1S/C20H20NO2/c1-15-13-19(16-5-3-2-4-6-16)23-20-14-17(7-8-18(15)20)21-9-11-22-12-10-21/h2-8,13-14H,9-12H2,1H3/q+1. The summed E-state index contributed by atoms with van der Waals surface area (Å²) in [5.74, 6) is 1.85. The van der Waals surface area contributed by atoms with Crippen molar-refractivity contribution in [3.8, 4) is 22.6 Å². The molecule has 2 heterocycles. The van der Waals surface area contributed by atoms with E-state index in [0.29, 0.717) is 0 Å². The predicted octanol–water partition coefficient (Wildman–Crippen LogP) is 3.16. The molecule has 1 aromatic carbocycles. The molecular weight excluding hydrogens is 286 g/mol. The highest BCUT2D eigenvalue weighted by atomic mass is 16.5. The molecule has 3 nitrogen and oxygen atoms in total. The van der Waals surface area contributed by atoms with Gasteiger partial charge in [0.25, 0.3) is 0 Å². The highest BCUT2D eigenvalue weighted by molar-refractivity contribution is 5.68. The van der Waals surface area contributed by atoms with Gasteiger partial charge in [0.05, 0.1) is 6.07 Å². The van der Waals surface area contributed by atoms with E-state index in [-0.39, 0.29) is 0 Å². The summed E-state index contributed by atoms with van der Waals surface area (Å²) in [6, 6.07) is 18.9. The fourth-order valence-electron chi connectivity index (χ4n) is 3.11. The fraction of sp³-hybridized carbons (Fsp3) is 0.250. The largest absolute Gasteiger partial charge is 0.456 e. The van der Waals surface area contributed by atoms with Gasteiger partial charge in [-0.25, -0.2) is 4.58 Å². The van der Waals surface area contributed by atoms with Crippen LogP contribution in [0.15, 0.2) is 59.0 Å². The Labute approximate surface area is 135 Å². The maximum atomic E-state index is 6.20. The van der Waals surface area contributed by atoms with Gasteiger partial charge in [-0.3, -0.25) is 0 Å². The molecule has 3 aliphatic rings. The van der Waals surface area contributed by atoms with E-state index in [1.54, 1.807) is 0 Å². The van der Waals surface area contributed by atoms with Crippen LogP contribution in [0.25, 0.3) is 22.6 Å². The smallest absolute Gasteiger partial charge is 0.203 e. The Morgan fingerprint density at radius 1 is 0.870 bits per heavy atom. The number of rotatable bonds is 1. The summed E-state index contributed by atoms with van der Waals surface area (Å²) in [4.78, 5) is 0. The van der Waals surface area contributed by atoms with E-state index in [1.807, 2.05) is 18.2 Å². The molecule has 0 spiro atoms. The summed E-state index contributed by atoms with van der Waals surface area (Å²) in [6.45, 7) is 5.58. The number of aryl methyl sites for hydroxylation is 1. The fourth-order valence-corrected chi connectivity index (χ4v) is 3.11. The van der Waals surface area contributed by atoms with E-state index in [0.717, 1.165) is 43.4 Å². The zero-order chi connectivity index (χ0) is 15.6. The van der Waals surface area contributed by atoms with Crippen molar-refractivity contribution in [1.82, 2.24) is 4.58 Å². The van der Waals surface area contributed by atoms with Gasteiger partial charge in [-0.15, -0.1) is 0 Å². The topological polar surface area (TPSA) is 25.4 Å². The molecule has 0 N–H and O–H groups in total. The highest BCUT2D eigenvalue weighted by Crippen LogP contribution is 2.30. The van der Waals surface area contributed by atoms with Crippen LogP contribution in [0.2, 0.25) is 0 Å². The molecule has 116 valence electrons. The van der Waals surface area contributed by atoms with Crippen molar-refractivity contribution < 1.29 is 9.15 Å². The number of ether oxygens (including phenoxy) is 1. The van der Waals surface area contributed by atoms with Gasteiger partial charge >= 0.3 is 0 Å². The molecule has 0 radical (unpaired) electrons. The maximum Gasteiger partial charge on any atom is 0.203 e. The minimum Gasteiger partial charge on any atom is -0.456 e. The zero-order valence-electron chi connectivity index (χ0n) is 13.3. The van der Waals surface area contributed by atoms with Crippen molar-refractivity contribution in [3.05, 3.63) is 65.5 Å². The number of hydrogen-bond acceptors (Lipinski definition) is 2. The van der Waals surface area contributed by atoms with Crippen LogP contribution in [-0.2, 0) is 4.74 Å². The minimum atomic E-state index is 0.790. The van der Waals surface area contributed by atoms with Crippen LogP contribution in [0.5, 0.6) is 0 Å². The molecule has 1 aromatic rings. The first kappa shape index (κ1) is 14.2. The van der Waals surface area contributed by atoms with Gasteiger partial charge in [-0.1, -0.05) is 30.3 Å².